The van der Waals surface area contributed by atoms with Crippen molar-refractivity contribution in [1.29, 1.82) is 0 Å². The maximum Gasteiger partial charge on any atom is 0.0467 e. The molecule has 0 amide bonds. The molecule has 0 saturated carbocycles. The van der Waals surface area contributed by atoms with Crippen molar-refractivity contribution >= 4 is 11.4 Å². The number of rotatable bonds is 6. The van der Waals surface area contributed by atoms with Crippen LogP contribution in [0.15, 0.2) is 146 Å². The fourth-order valence-corrected chi connectivity index (χ4v) is 5.92. The first-order valence-corrected chi connectivity index (χ1v) is 13.6. The molecule has 0 saturated heterocycles. The third-order valence-corrected chi connectivity index (χ3v) is 8.04. The number of fused-ring (bicyclic) bond motifs is 3. The Morgan fingerprint density at radius 1 is 0.590 bits per heavy atom. The van der Waals surface area contributed by atoms with Crippen LogP contribution in [0.4, 0.5) is 11.4 Å². The highest BCUT2D eigenvalue weighted by molar-refractivity contribution is 5.85. The molecule has 0 heterocycles. The Bertz CT molecular complexity index is 1670. The summed E-state index contributed by atoms with van der Waals surface area (Å²) in [5.74, 6) is 0. The molecular weight excluding hydrogens is 470 g/mol. The maximum atomic E-state index is 4.12. The topological polar surface area (TPSA) is 3.24 Å². The monoisotopic (exact) mass is 503 g/mol. The average Bonchev–Trinajstić information content (AvgIpc) is 3.22. The predicted octanol–water partition coefficient (Wildman–Crippen LogP) is 10.6. The molecule has 1 nitrogen and oxygen atoms in total. The van der Waals surface area contributed by atoms with Gasteiger partial charge in [-0.2, -0.15) is 0 Å². The van der Waals surface area contributed by atoms with E-state index in [1.54, 1.807) is 0 Å². The Kier molecular flexibility index (Phi) is 6.29. The number of hydrogen-bond donors (Lipinski definition) is 0. The van der Waals surface area contributed by atoms with Gasteiger partial charge in [-0.25, -0.2) is 0 Å². The van der Waals surface area contributed by atoms with E-state index in [1.165, 1.54) is 44.5 Å². The fraction of sp³-hybridized carbons (Fsp3) is 0.105. The predicted molar refractivity (Wildman–Crippen MR) is 167 cm³/mol. The van der Waals surface area contributed by atoms with Crippen LogP contribution in [0.5, 0.6) is 0 Å². The highest BCUT2D eigenvalue weighted by atomic mass is 15.1. The summed E-state index contributed by atoms with van der Waals surface area (Å²) in [6.45, 7) is 10.8. The summed E-state index contributed by atoms with van der Waals surface area (Å²) < 4.78 is 0. The van der Waals surface area contributed by atoms with E-state index >= 15 is 0 Å². The normalized spacial score (nSPS) is 13.5. The average molecular weight is 504 g/mol. The third kappa shape index (κ3) is 4.30. The summed E-state index contributed by atoms with van der Waals surface area (Å²) in [4.78, 5) is 2.30. The molecule has 190 valence electrons. The van der Waals surface area contributed by atoms with Crippen LogP contribution >= 0.6 is 0 Å². The van der Waals surface area contributed by atoms with Crippen molar-refractivity contribution in [2.24, 2.45) is 0 Å². The van der Waals surface area contributed by atoms with Crippen LogP contribution in [0.25, 0.3) is 33.4 Å². The zero-order valence-electron chi connectivity index (χ0n) is 22.9. The Hall–Kier alpha value is -4.62. The molecule has 5 aromatic carbocycles. The Morgan fingerprint density at radius 2 is 1.10 bits per heavy atom. The van der Waals surface area contributed by atoms with Crippen molar-refractivity contribution in [1.82, 2.24) is 0 Å². The molecule has 1 aliphatic carbocycles. The van der Waals surface area contributed by atoms with Crippen LogP contribution < -0.4 is 4.90 Å². The van der Waals surface area contributed by atoms with E-state index in [2.05, 4.69) is 160 Å². The van der Waals surface area contributed by atoms with Crippen molar-refractivity contribution in [2.45, 2.75) is 26.2 Å². The molecule has 0 aromatic heterocycles. The van der Waals surface area contributed by atoms with Crippen LogP contribution in [0.2, 0.25) is 0 Å². The molecule has 0 bridgehead atoms. The van der Waals surface area contributed by atoms with Gasteiger partial charge in [-0.3, -0.25) is 0 Å². The van der Waals surface area contributed by atoms with Crippen LogP contribution in [-0.2, 0) is 5.41 Å². The quantitative estimate of drug-likeness (QED) is 0.208. The van der Waals surface area contributed by atoms with Gasteiger partial charge in [0.15, 0.2) is 0 Å². The van der Waals surface area contributed by atoms with Crippen molar-refractivity contribution in [2.75, 3.05) is 4.90 Å². The minimum atomic E-state index is -0.00510. The van der Waals surface area contributed by atoms with E-state index in [0.717, 1.165) is 17.1 Å². The van der Waals surface area contributed by atoms with Crippen LogP contribution in [0.1, 0.15) is 31.9 Å². The summed E-state index contributed by atoms with van der Waals surface area (Å²) in [5, 5.41) is 0. The molecule has 0 spiro atoms. The number of nitrogens with zero attached hydrogens (tertiary/aromatic N) is 1. The molecule has 0 atom stereocenters. The van der Waals surface area contributed by atoms with Gasteiger partial charge in [-0.05, 0) is 81.8 Å². The van der Waals surface area contributed by atoms with Gasteiger partial charge in [0.25, 0.3) is 0 Å². The first kappa shape index (κ1) is 24.7. The van der Waals surface area contributed by atoms with Gasteiger partial charge in [-0.1, -0.05) is 124 Å². The van der Waals surface area contributed by atoms with E-state index in [4.69, 9.17) is 0 Å². The minimum absolute atomic E-state index is 0.00510. The molecule has 0 aliphatic heterocycles. The fourth-order valence-electron chi connectivity index (χ4n) is 5.92. The van der Waals surface area contributed by atoms with E-state index in [9.17, 15) is 0 Å². The van der Waals surface area contributed by atoms with Gasteiger partial charge in [-0.15, -0.1) is 0 Å². The number of benzene rings is 5. The van der Waals surface area contributed by atoms with Gasteiger partial charge < -0.3 is 4.90 Å². The highest BCUT2D eigenvalue weighted by Crippen LogP contribution is 2.50. The SMILES string of the molecule is C=C/C(=C\C)N(c1ccc(-c2ccc(-c3ccccc3)cc2)cc1)c1ccc2c(c1)-c1ccccc1C2(C)C. The van der Waals surface area contributed by atoms with E-state index < -0.39 is 0 Å². The molecule has 0 unspecified atom stereocenters. The molecule has 6 rings (SSSR count). The first-order chi connectivity index (χ1) is 19.0. The van der Waals surface area contributed by atoms with Gasteiger partial charge in [0.05, 0.1) is 0 Å². The third-order valence-electron chi connectivity index (χ3n) is 8.04. The Morgan fingerprint density at radius 3 is 1.72 bits per heavy atom. The van der Waals surface area contributed by atoms with Crippen molar-refractivity contribution < 1.29 is 0 Å². The highest BCUT2D eigenvalue weighted by Gasteiger charge is 2.35. The van der Waals surface area contributed by atoms with Crippen molar-refractivity contribution in [3.63, 3.8) is 0 Å². The van der Waals surface area contributed by atoms with Crippen molar-refractivity contribution in [3.05, 3.63) is 157 Å². The largest absolute Gasteiger partial charge is 0.311 e. The molecule has 0 fully saturated rings. The zero-order valence-corrected chi connectivity index (χ0v) is 22.9. The molecule has 0 radical (unpaired) electrons. The van der Waals surface area contributed by atoms with E-state index in [-0.39, 0.29) is 5.41 Å². The lowest BCUT2D eigenvalue weighted by Crippen LogP contribution is -2.17. The van der Waals surface area contributed by atoms with Gasteiger partial charge in [0, 0.05) is 22.5 Å². The summed E-state index contributed by atoms with van der Waals surface area (Å²) in [7, 11) is 0. The number of allylic oxidation sites excluding steroid dienone is 2. The molecule has 0 N–H and O–H groups in total. The standard InChI is InChI=1S/C38H33N/c1-5-31(6-2)39(33-24-25-37-35(26-33)34-14-10-11-15-36(34)38(37,3)4)32-22-20-30(21-23-32)29-18-16-28(17-19-29)27-12-8-7-9-13-27/h5-26H,1H2,2-4H3/b31-6+. The van der Waals surface area contributed by atoms with Gasteiger partial charge >= 0.3 is 0 Å². The minimum Gasteiger partial charge on any atom is -0.311 e. The molecule has 39 heavy (non-hydrogen) atoms. The Labute approximate surface area is 232 Å². The van der Waals surface area contributed by atoms with Crippen molar-refractivity contribution in [3.8, 4) is 33.4 Å². The first-order valence-electron chi connectivity index (χ1n) is 13.6. The second-order valence-corrected chi connectivity index (χ2v) is 10.6. The second-order valence-electron chi connectivity index (χ2n) is 10.6. The van der Waals surface area contributed by atoms with Crippen LogP contribution in [0.3, 0.4) is 0 Å². The lowest BCUT2D eigenvalue weighted by Gasteiger charge is -2.28. The van der Waals surface area contributed by atoms with Gasteiger partial charge in [0.2, 0.25) is 0 Å². The number of hydrogen-bond acceptors (Lipinski definition) is 1. The number of anilines is 2. The summed E-state index contributed by atoms with van der Waals surface area (Å²) in [6, 6.07) is 43.8. The smallest absolute Gasteiger partial charge is 0.0467 e. The summed E-state index contributed by atoms with van der Waals surface area (Å²) in [5.41, 5.74) is 13.6. The molecular formula is C38H33N. The molecule has 1 heteroatoms. The molecule has 5 aromatic rings. The zero-order chi connectivity index (χ0) is 27.0. The van der Waals surface area contributed by atoms with Crippen LogP contribution in [-0.4, -0.2) is 0 Å². The van der Waals surface area contributed by atoms with Gasteiger partial charge in [0.1, 0.15) is 0 Å². The Balaban J connectivity index is 1.36. The summed E-state index contributed by atoms with van der Waals surface area (Å²) in [6.07, 6.45) is 4.05. The van der Waals surface area contributed by atoms with Crippen LogP contribution in [0, 0.1) is 0 Å². The maximum absolute atomic E-state index is 4.12. The lowest BCUT2D eigenvalue weighted by atomic mass is 9.82. The van der Waals surface area contributed by atoms with E-state index in [0.29, 0.717) is 0 Å². The summed E-state index contributed by atoms with van der Waals surface area (Å²) >= 11 is 0. The van der Waals surface area contributed by atoms with E-state index in [1.807, 2.05) is 6.08 Å². The second kappa shape index (κ2) is 9.93. The molecule has 1 aliphatic rings. The lowest BCUT2D eigenvalue weighted by molar-refractivity contribution is 0.660.